The van der Waals surface area contributed by atoms with E-state index in [1.807, 2.05) is 52.8 Å². The SMILES string of the molecule is Cc1ccc(C)c(C(C(=O)NC2CCCCC2)N(C(=O)C(CC(C)C)NC(=O)OC(C)(C)C)C(C)CCC(C)C)c1. The Kier molecular flexibility index (Phi) is 13.2. The molecule has 232 valence electrons. The molecule has 0 aromatic heterocycles. The third-order valence-electron chi connectivity index (χ3n) is 7.79. The van der Waals surface area contributed by atoms with Crippen LogP contribution in [0.25, 0.3) is 0 Å². The number of nitrogens with zero attached hydrogens (tertiary/aromatic N) is 1. The molecule has 0 saturated heterocycles. The number of rotatable bonds is 12. The molecule has 1 aromatic rings. The van der Waals surface area contributed by atoms with Crippen LogP contribution in [-0.4, -0.2) is 46.5 Å². The predicted octanol–water partition coefficient (Wildman–Crippen LogP) is 7.39. The van der Waals surface area contributed by atoms with Crippen molar-refractivity contribution in [1.82, 2.24) is 15.5 Å². The Bertz CT molecular complexity index is 1010. The van der Waals surface area contributed by atoms with Gasteiger partial charge in [-0.15, -0.1) is 0 Å². The minimum absolute atomic E-state index is 0.109. The Labute approximate surface area is 249 Å². The molecule has 2 rings (SSSR count). The molecule has 0 spiro atoms. The zero-order chi connectivity index (χ0) is 30.9. The molecule has 3 amide bonds. The largest absolute Gasteiger partial charge is 0.444 e. The Morgan fingerprint density at radius 3 is 2.15 bits per heavy atom. The lowest BCUT2D eigenvalue weighted by Gasteiger charge is -2.40. The highest BCUT2D eigenvalue weighted by atomic mass is 16.6. The summed E-state index contributed by atoms with van der Waals surface area (Å²) in [6, 6.07) is 4.37. The van der Waals surface area contributed by atoms with Gasteiger partial charge in [0.1, 0.15) is 17.7 Å². The van der Waals surface area contributed by atoms with E-state index in [4.69, 9.17) is 4.74 Å². The van der Waals surface area contributed by atoms with Crippen molar-refractivity contribution in [3.05, 3.63) is 34.9 Å². The number of hydrogen-bond donors (Lipinski definition) is 2. The number of nitrogens with one attached hydrogen (secondary N) is 2. The van der Waals surface area contributed by atoms with Crippen molar-refractivity contribution in [2.45, 2.75) is 150 Å². The zero-order valence-electron chi connectivity index (χ0n) is 27.4. The van der Waals surface area contributed by atoms with E-state index in [1.54, 1.807) is 25.7 Å². The van der Waals surface area contributed by atoms with Crippen molar-refractivity contribution < 1.29 is 19.1 Å². The van der Waals surface area contributed by atoms with Crippen molar-refractivity contribution in [3.63, 3.8) is 0 Å². The van der Waals surface area contributed by atoms with Gasteiger partial charge in [0.2, 0.25) is 11.8 Å². The van der Waals surface area contributed by atoms with E-state index in [-0.39, 0.29) is 29.8 Å². The molecule has 1 aliphatic carbocycles. The molecule has 1 aliphatic rings. The van der Waals surface area contributed by atoms with Crippen LogP contribution in [0.15, 0.2) is 18.2 Å². The number of ether oxygens (including phenoxy) is 1. The van der Waals surface area contributed by atoms with Crippen molar-refractivity contribution in [2.24, 2.45) is 11.8 Å². The van der Waals surface area contributed by atoms with Crippen molar-refractivity contribution in [2.75, 3.05) is 0 Å². The van der Waals surface area contributed by atoms with E-state index in [1.165, 1.54) is 6.42 Å². The predicted molar refractivity (Wildman–Crippen MR) is 167 cm³/mol. The second-order valence-electron chi connectivity index (χ2n) is 14.0. The van der Waals surface area contributed by atoms with Crippen LogP contribution in [0.4, 0.5) is 4.79 Å². The Balaban J connectivity index is 2.61. The molecular weight excluding hydrogens is 514 g/mol. The summed E-state index contributed by atoms with van der Waals surface area (Å²) in [5, 5.41) is 6.20. The maximum atomic E-state index is 14.6. The molecule has 7 heteroatoms. The first-order chi connectivity index (χ1) is 19.1. The number of aryl methyl sites for hydroxylation is 2. The average molecular weight is 572 g/mol. The van der Waals surface area contributed by atoms with Crippen molar-refractivity contribution >= 4 is 17.9 Å². The molecule has 3 unspecified atom stereocenters. The van der Waals surface area contributed by atoms with Crippen molar-refractivity contribution in [1.29, 1.82) is 0 Å². The average Bonchev–Trinajstić information content (AvgIpc) is 2.85. The minimum atomic E-state index is -0.818. The summed E-state index contributed by atoms with van der Waals surface area (Å²) >= 11 is 0. The Hall–Kier alpha value is -2.57. The smallest absolute Gasteiger partial charge is 0.408 e. The van der Waals surface area contributed by atoms with E-state index >= 15 is 0 Å². The van der Waals surface area contributed by atoms with Crippen molar-refractivity contribution in [3.8, 4) is 0 Å². The summed E-state index contributed by atoms with van der Waals surface area (Å²) in [5.41, 5.74) is 2.15. The number of hydrogen-bond acceptors (Lipinski definition) is 4. The molecule has 41 heavy (non-hydrogen) atoms. The zero-order valence-corrected chi connectivity index (χ0v) is 27.4. The third kappa shape index (κ3) is 11.3. The van der Waals surface area contributed by atoms with Gasteiger partial charge in [0.25, 0.3) is 0 Å². The fourth-order valence-electron chi connectivity index (χ4n) is 5.63. The molecule has 7 nitrogen and oxygen atoms in total. The fourth-order valence-corrected chi connectivity index (χ4v) is 5.63. The van der Waals surface area contributed by atoms with Gasteiger partial charge in [0.05, 0.1) is 0 Å². The Morgan fingerprint density at radius 2 is 1.59 bits per heavy atom. The Morgan fingerprint density at radius 1 is 0.951 bits per heavy atom. The maximum Gasteiger partial charge on any atom is 0.408 e. The number of carbonyl (C=O) groups excluding carboxylic acids is 3. The highest BCUT2D eigenvalue weighted by Crippen LogP contribution is 2.31. The van der Waals surface area contributed by atoms with Gasteiger partial charge in [-0.2, -0.15) is 0 Å². The third-order valence-corrected chi connectivity index (χ3v) is 7.79. The van der Waals surface area contributed by atoms with Gasteiger partial charge in [0.15, 0.2) is 0 Å². The van der Waals surface area contributed by atoms with Gasteiger partial charge < -0.3 is 20.3 Å². The van der Waals surface area contributed by atoms with E-state index in [0.717, 1.165) is 55.2 Å². The van der Waals surface area contributed by atoms with E-state index in [9.17, 15) is 14.4 Å². The minimum Gasteiger partial charge on any atom is -0.444 e. The molecule has 0 bridgehead atoms. The molecular formula is C34H57N3O4. The molecule has 3 atom stereocenters. The summed E-state index contributed by atoms with van der Waals surface area (Å²) in [6.07, 6.45) is 6.79. The highest BCUT2D eigenvalue weighted by Gasteiger charge is 2.40. The highest BCUT2D eigenvalue weighted by molar-refractivity contribution is 5.92. The summed E-state index contributed by atoms with van der Waals surface area (Å²) < 4.78 is 5.55. The van der Waals surface area contributed by atoms with Gasteiger partial charge >= 0.3 is 6.09 Å². The van der Waals surface area contributed by atoms with Gasteiger partial charge in [-0.1, -0.05) is 70.7 Å². The number of carbonyl (C=O) groups is 3. The van der Waals surface area contributed by atoms with Crippen LogP contribution in [0.1, 0.15) is 129 Å². The maximum absolute atomic E-state index is 14.6. The monoisotopic (exact) mass is 571 g/mol. The van der Waals surface area contributed by atoms with Gasteiger partial charge in [-0.25, -0.2) is 4.79 Å². The topological polar surface area (TPSA) is 87.7 Å². The van der Waals surface area contributed by atoms with Gasteiger partial charge in [-0.05, 0) is 96.6 Å². The lowest BCUT2D eigenvalue weighted by atomic mass is 9.91. The first kappa shape index (κ1) is 34.6. The summed E-state index contributed by atoms with van der Waals surface area (Å²) in [5.74, 6) is 0.208. The van der Waals surface area contributed by atoms with E-state index < -0.39 is 23.8 Å². The van der Waals surface area contributed by atoms with Crippen LogP contribution >= 0.6 is 0 Å². The lowest BCUT2D eigenvalue weighted by Crippen LogP contribution is -2.56. The van der Waals surface area contributed by atoms with Crippen LogP contribution < -0.4 is 10.6 Å². The molecule has 0 radical (unpaired) electrons. The summed E-state index contributed by atoms with van der Waals surface area (Å²) in [6.45, 7) is 19.9. The van der Waals surface area contributed by atoms with E-state index in [2.05, 4.69) is 24.5 Å². The quantitative estimate of drug-likeness (QED) is 0.274. The standard InChI is InChI=1S/C34H57N3O4/c1-22(2)16-19-26(7)37(32(39)29(20-23(3)4)36-33(40)41-34(8,9)10)30(28-21-24(5)17-18-25(28)6)31(38)35-27-14-12-11-13-15-27/h17-18,21-23,26-27,29-30H,11-16,19-20H2,1-10H3,(H,35,38)(H,36,40). The molecule has 1 fully saturated rings. The summed E-state index contributed by atoms with van der Waals surface area (Å²) in [7, 11) is 0. The van der Waals surface area contributed by atoms with Gasteiger partial charge in [0, 0.05) is 12.1 Å². The first-order valence-corrected chi connectivity index (χ1v) is 15.8. The van der Waals surface area contributed by atoms with Crippen LogP contribution in [0.2, 0.25) is 0 Å². The van der Waals surface area contributed by atoms with E-state index in [0.29, 0.717) is 12.3 Å². The number of benzene rings is 1. The molecule has 1 aromatic carbocycles. The molecule has 1 saturated carbocycles. The molecule has 2 N–H and O–H groups in total. The normalized spacial score (nSPS) is 16.7. The number of alkyl carbamates (subject to hydrolysis) is 1. The van der Waals surface area contributed by atoms with Crippen LogP contribution in [-0.2, 0) is 14.3 Å². The van der Waals surface area contributed by atoms with Crippen LogP contribution in [0, 0.1) is 25.7 Å². The number of amides is 3. The second kappa shape index (κ2) is 15.6. The fraction of sp³-hybridized carbons (Fsp3) is 0.735. The lowest BCUT2D eigenvalue weighted by molar-refractivity contribution is -0.146. The molecule has 0 heterocycles. The van der Waals surface area contributed by atoms with Crippen LogP contribution in [0.3, 0.4) is 0 Å². The molecule has 0 aliphatic heterocycles. The second-order valence-corrected chi connectivity index (χ2v) is 14.0. The van der Waals surface area contributed by atoms with Gasteiger partial charge in [-0.3, -0.25) is 9.59 Å². The first-order valence-electron chi connectivity index (χ1n) is 15.8. The summed E-state index contributed by atoms with van der Waals surface area (Å²) in [4.78, 5) is 43.6. The van der Waals surface area contributed by atoms with Crippen LogP contribution in [0.5, 0.6) is 0 Å².